The highest BCUT2D eigenvalue weighted by molar-refractivity contribution is 7.80. The molecule has 0 spiro atoms. The molecule has 1 aliphatic rings. The Labute approximate surface area is 123 Å². The van der Waals surface area contributed by atoms with Gasteiger partial charge in [0.1, 0.15) is 16.7 Å². The summed E-state index contributed by atoms with van der Waals surface area (Å²) in [5.74, 6) is 0.530. The van der Waals surface area contributed by atoms with Crippen LogP contribution in [0.15, 0.2) is 12.4 Å². The van der Waals surface area contributed by atoms with Crippen molar-refractivity contribution in [1.82, 2.24) is 14.9 Å². The van der Waals surface area contributed by atoms with Crippen LogP contribution in [0.4, 0.5) is 5.82 Å². The first-order chi connectivity index (χ1) is 9.59. The fourth-order valence-electron chi connectivity index (χ4n) is 2.28. The van der Waals surface area contributed by atoms with E-state index in [-0.39, 0.29) is 16.9 Å². The van der Waals surface area contributed by atoms with Gasteiger partial charge in [0.25, 0.3) is 0 Å². The van der Waals surface area contributed by atoms with Crippen LogP contribution in [0.25, 0.3) is 0 Å². The molecule has 0 bridgehead atoms. The Morgan fingerprint density at radius 1 is 1.35 bits per heavy atom. The zero-order valence-corrected chi connectivity index (χ0v) is 12.3. The summed E-state index contributed by atoms with van der Waals surface area (Å²) in [5, 5.41) is 3.06. The number of thiocarbonyl (C=S) groups is 1. The van der Waals surface area contributed by atoms with Gasteiger partial charge in [-0.25, -0.2) is 9.97 Å². The fourth-order valence-corrected chi connectivity index (χ4v) is 2.43. The summed E-state index contributed by atoms with van der Waals surface area (Å²) < 4.78 is 0. The van der Waals surface area contributed by atoms with Crippen LogP contribution in [0.5, 0.6) is 0 Å². The zero-order chi connectivity index (χ0) is 14.5. The van der Waals surface area contributed by atoms with Gasteiger partial charge in [0.15, 0.2) is 5.82 Å². The van der Waals surface area contributed by atoms with Gasteiger partial charge in [-0.05, 0) is 26.2 Å². The molecule has 1 fully saturated rings. The molecule has 2 heterocycles. The van der Waals surface area contributed by atoms with Crippen LogP contribution < -0.4 is 11.1 Å². The standard InChI is InChI=1S/C13H19N5OS/c1-9(13(19)18-7-3-2-4-8-18)17-12-10(11(14)20)15-5-6-16-12/h5-6,9H,2-4,7-8H2,1H3,(H2,14,20)(H,16,17). The van der Waals surface area contributed by atoms with Gasteiger partial charge in [0.05, 0.1) is 0 Å². The molecular weight excluding hydrogens is 274 g/mol. The Kier molecular flexibility index (Phi) is 4.84. The number of nitrogens with two attached hydrogens (primary N) is 1. The van der Waals surface area contributed by atoms with E-state index in [1.54, 1.807) is 6.20 Å². The summed E-state index contributed by atoms with van der Waals surface area (Å²) in [5.41, 5.74) is 6.02. The number of aromatic nitrogens is 2. The van der Waals surface area contributed by atoms with Crippen molar-refractivity contribution in [1.29, 1.82) is 0 Å². The van der Waals surface area contributed by atoms with Crippen molar-refractivity contribution in [3.63, 3.8) is 0 Å². The Bertz CT molecular complexity index is 501. The minimum absolute atomic E-state index is 0.0734. The van der Waals surface area contributed by atoms with Gasteiger partial charge in [-0.1, -0.05) is 12.2 Å². The van der Waals surface area contributed by atoms with E-state index in [0.29, 0.717) is 11.5 Å². The number of anilines is 1. The second-order valence-corrected chi connectivity index (χ2v) is 5.31. The molecule has 0 radical (unpaired) electrons. The smallest absolute Gasteiger partial charge is 0.244 e. The van der Waals surface area contributed by atoms with Crippen molar-refractivity contribution >= 4 is 28.9 Å². The molecule has 0 saturated carbocycles. The van der Waals surface area contributed by atoms with Crippen molar-refractivity contribution in [2.45, 2.75) is 32.2 Å². The maximum atomic E-state index is 12.3. The van der Waals surface area contributed by atoms with Crippen molar-refractivity contribution < 1.29 is 4.79 Å². The molecule has 2 rings (SSSR count). The Balaban J connectivity index is 2.05. The number of carbonyl (C=O) groups is 1. The average Bonchev–Trinajstić information content (AvgIpc) is 2.47. The van der Waals surface area contributed by atoms with E-state index in [0.717, 1.165) is 25.9 Å². The summed E-state index contributed by atoms with van der Waals surface area (Å²) in [6, 6.07) is -0.377. The predicted octanol–water partition coefficient (Wildman–Crippen LogP) is 0.924. The number of nitrogens with one attached hydrogen (secondary N) is 1. The third-order valence-electron chi connectivity index (χ3n) is 3.32. The van der Waals surface area contributed by atoms with Gasteiger partial charge in [-0.2, -0.15) is 0 Å². The third-order valence-corrected chi connectivity index (χ3v) is 3.52. The summed E-state index contributed by atoms with van der Waals surface area (Å²) >= 11 is 4.93. The van der Waals surface area contributed by atoms with Gasteiger partial charge < -0.3 is 16.0 Å². The van der Waals surface area contributed by atoms with E-state index in [2.05, 4.69) is 15.3 Å². The van der Waals surface area contributed by atoms with E-state index in [9.17, 15) is 4.79 Å². The molecule has 1 aliphatic heterocycles. The van der Waals surface area contributed by atoms with Crippen LogP contribution in [-0.2, 0) is 4.79 Å². The zero-order valence-electron chi connectivity index (χ0n) is 11.5. The minimum atomic E-state index is -0.377. The quantitative estimate of drug-likeness (QED) is 0.803. The summed E-state index contributed by atoms with van der Waals surface area (Å²) in [6.45, 7) is 3.47. The molecule has 0 aliphatic carbocycles. The van der Waals surface area contributed by atoms with E-state index in [1.165, 1.54) is 12.6 Å². The lowest BCUT2D eigenvalue weighted by atomic mass is 10.1. The van der Waals surface area contributed by atoms with Crippen LogP contribution in [0.3, 0.4) is 0 Å². The number of hydrogen-bond acceptors (Lipinski definition) is 5. The number of carbonyl (C=O) groups excluding carboxylic acids is 1. The number of amides is 1. The molecule has 1 aromatic rings. The lowest BCUT2D eigenvalue weighted by Crippen LogP contribution is -2.44. The summed E-state index contributed by atoms with van der Waals surface area (Å²) in [4.78, 5) is 22.6. The van der Waals surface area contributed by atoms with Crippen LogP contribution in [0, 0.1) is 0 Å². The first-order valence-corrected chi connectivity index (χ1v) is 7.16. The average molecular weight is 293 g/mol. The number of rotatable bonds is 4. The molecule has 1 atom stereocenters. The van der Waals surface area contributed by atoms with Crippen molar-refractivity contribution in [2.24, 2.45) is 5.73 Å². The fraction of sp³-hybridized carbons (Fsp3) is 0.538. The van der Waals surface area contributed by atoms with Crippen LogP contribution in [-0.4, -0.2) is 44.9 Å². The van der Waals surface area contributed by atoms with Crippen molar-refractivity contribution in [3.05, 3.63) is 18.1 Å². The van der Waals surface area contributed by atoms with E-state index in [1.807, 2.05) is 11.8 Å². The molecule has 0 aromatic carbocycles. The van der Waals surface area contributed by atoms with Crippen LogP contribution in [0.1, 0.15) is 31.9 Å². The monoisotopic (exact) mass is 293 g/mol. The minimum Gasteiger partial charge on any atom is -0.388 e. The van der Waals surface area contributed by atoms with Gasteiger partial charge >= 0.3 is 0 Å². The second-order valence-electron chi connectivity index (χ2n) is 4.87. The molecule has 7 heteroatoms. The van der Waals surface area contributed by atoms with Crippen molar-refractivity contribution in [2.75, 3.05) is 18.4 Å². The number of piperidine rings is 1. The van der Waals surface area contributed by atoms with Gasteiger partial charge in [-0.15, -0.1) is 0 Å². The SMILES string of the molecule is CC(Nc1nccnc1C(N)=S)C(=O)N1CCCCC1. The first kappa shape index (κ1) is 14.6. The Morgan fingerprint density at radius 2 is 2.00 bits per heavy atom. The highest BCUT2D eigenvalue weighted by Gasteiger charge is 2.23. The highest BCUT2D eigenvalue weighted by Crippen LogP contribution is 2.13. The normalized spacial score (nSPS) is 16.6. The highest BCUT2D eigenvalue weighted by atomic mass is 32.1. The molecule has 108 valence electrons. The first-order valence-electron chi connectivity index (χ1n) is 6.75. The molecule has 3 N–H and O–H groups in total. The number of hydrogen-bond donors (Lipinski definition) is 2. The number of nitrogens with zero attached hydrogens (tertiary/aromatic N) is 3. The van der Waals surface area contributed by atoms with E-state index >= 15 is 0 Å². The second kappa shape index (κ2) is 6.60. The lowest BCUT2D eigenvalue weighted by Gasteiger charge is -2.29. The third kappa shape index (κ3) is 3.41. The molecule has 1 aromatic heterocycles. The van der Waals surface area contributed by atoms with Gasteiger partial charge in [-0.3, -0.25) is 4.79 Å². The maximum Gasteiger partial charge on any atom is 0.244 e. The maximum absolute atomic E-state index is 12.3. The Morgan fingerprint density at radius 3 is 2.65 bits per heavy atom. The molecule has 6 nitrogen and oxygen atoms in total. The molecule has 1 unspecified atom stereocenters. The van der Waals surface area contributed by atoms with Crippen LogP contribution in [0.2, 0.25) is 0 Å². The molecular formula is C13H19N5OS. The van der Waals surface area contributed by atoms with Crippen molar-refractivity contribution in [3.8, 4) is 0 Å². The summed E-state index contributed by atoms with van der Waals surface area (Å²) in [6.07, 6.45) is 6.41. The van der Waals surface area contributed by atoms with Gasteiger partial charge in [0.2, 0.25) is 5.91 Å². The van der Waals surface area contributed by atoms with Crippen LogP contribution >= 0.6 is 12.2 Å². The van der Waals surface area contributed by atoms with Gasteiger partial charge in [0, 0.05) is 25.5 Å². The van der Waals surface area contributed by atoms with E-state index < -0.39 is 0 Å². The Hall–Kier alpha value is -1.76. The molecule has 20 heavy (non-hydrogen) atoms. The summed E-state index contributed by atoms with van der Waals surface area (Å²) in [7, 11) is 0. The lowest BCUT2D eigenvalue weighted by molar-refractivity contribution is -0.132. The largest absolute Gasteiger partial charge is 0.388 e. The number of likely N-dealkylation sites (tertiary alicyclic amines) is 1. The topological polar surface area (TPSA) is 84.1 Å². The predicted molar refractivity (Wildman–Crippen MR) is 81.4 cm³/mol. The molecule has 1 amide bonds. The van der Waals surface area contributed by atoms with E-state index in [4.69, 9.17) is 18.0 Å². The molecule has 1 saturated heterocycles.